The number of rotatable bonds is 11. The van der Waals surface area contributed by atoms with Gasteiger partial charge in [0.2, 0.25) is 0 Å². The maximum atomic E-state index is 17.4. The van der Waals surface area contributed by atoms with Crippen LogP contribution in [-0.4, -0.2) is 0 Å². The first-order valence-corrected chi connectivity index (χ1v) is 25.7. The van der Waals surface area contributed by atoms with Crippen molar-refractivity contribution in [3.63, 3.8) is 0 Å². The third-order valence-electron chi connectivity index (χ3n) is 15.0. The number of benzene rings is 12. The summed E-state index contributed by atoms with van der Waals surface area (Å²) in [6.07, 6.45) is 0. The predicted molar refractivity (Wildman–Crippen MR) is 312 cm³/mol. The lowest BCUT2D eigenvalue weighted by Crippen LogP contribution is -2.29. The number of nitriles is 1. The van der Waals surface area contributed by atoms with E-state index in [1.54, 1.807) is 6.07 Å². The number of nitrogens with zero attached hydrogens (tertiary/aromatic N) is 3. The van der Waals surface area contributed by atoms with E-state index in [2.05, 4.69) is 187 Å². The van der Waals surface area contributed by atoms with Gasteiger partial charge in [0.1, 0.15) is 5.82 Å². The van der Waals surface area contributed by atoms with Crippen LogP contribution in [0.15, 0.2) is 291 Å². The Morgan fingerprint density at radius 1 is 0.342 bits per heavy atom. The molecule has 0 aromatic heterocycles. The first-order valence-electron chi connectivity index (χ1n) is 25.7. The fourth-order valence-electron chi connectivity index (χ4n) is 11.6. The molecule has 0 N–H and O–H groups in total. The molecule has 1 aliphatic rings. The molecule has 0 aliphatic heterocycles. The van der Waals surface area contributed by atoms with Gasteiger partial charge in [-0.2, -0.15) is 5.26 Å². The zero-order valence-electron chi connectivity index (χ0n) is 41.4. The Kier molecular flexibility index (Phi) is 11.7. The summed E-state index contributed by atoms with van der Waals surface area (Å²) in [7, 11) is 0. The SMILES string of the molecule is N#Cc1ccc(N(c2ccccc2)c2cc3c(c4ccccc24)-c2ccc(-c4ccc(N(c5ccccc5)c5c(F)cc(-c6ccccc6)cc5-c5ccccc5)cc4)cc2C3(c2ccccc2)c2ccccc2)cc1. The number of para-hydroxylation sites is 2. The van der Waals surface area contributed by atoms with Crippen LogP contribution >= 0.6 is 0 Å². The van der Waals surface area contributed by atoms with E-state index in [1.165, 1.54) is 22.3 Å². The molecular weight excluding hydrogens is 926 g/mol. The van der Waals surface area contributed by atoms with Gasteiger partial charge < -0.3 is 9.80 Å². The molecule has 0 unspecified atom stereocenters. The molecule has 0 radical (unpaired) electrons. The van der Waals surface area contributed by atoms with Crippen LogP contribution in [0.1, 0.15) is 27.8 Å². The molecule has 12 aromatic carbocycles. The van der Waals surface area contributed by atoms with Gasteiger partial charge in [-0.05, 0) is 152 Å². The molecule has 0 saturated carbocycles. The summed E-state index contributed by atoms with van der Waals surface area (Å²) in [6, 6.07) is 103. The Morgan fingerprint density at radius 3 is 1.39 bits per heavy atom. The molecule has 0 bridgehead atoms. The lowest BCUT2D eigenvalue weighted by atomic mass is 9.67. The van der Waals surface area contributed by atoms with Crippen LogP contribution in [0.4, 0.5) is 38.5 Å². The molecule has 0 amide bonds. The van der Waals surface area contributed by atoms with Crippen molar-refractivity contribution in [2.75, 3.05) is 9.80 Å². The summed E-state index contributed by atoms with van der Waals surface area (Å²) in [5.41, 5.74) is 17.7. The zero-order valence-corrected chi connectivity index (χ0v) is 41.4. The molecule has 12 aromatic rings. The smallest absolute Gasteiger partial charge is 0.148 e. The van der Waals surface area contributed by atoms with Crippen LogP contribution in [0.2, 0.25) is 0 Å². The molecule has 4 heteroatoms. The minimum Gasteiger partial charge on any atom is -0.310 e. The van der Waals surface area contributed by atoms with Crippen LogP contribution in [0.5, 0.6) is 0 Å². The summed E-state index contributed by atoms with van der Waals surface area (Å²) in [6.45, 7) is 0. The quantitative estimate of drug-likeness (QED) is 0.129. The van der Waals surface area contributed by atoms with E-state index in [4.69, 9.17) is 0 Å². The predicted octanol–water partition coefficient (Wildman–Crippen LogP) is 19.2. The monoisotopic (exact) mass is 973 g/mol. The van der Waals surface area contributed by atoms with Crippen molar-refractivity contribution < 1.29 is 4.39 Å². The van der Waals surface area contributed by atoms with Gasteiger partial charge in [-0.3, -0.25) is 0 Å². The second kappa shape index (κ2) is 19.4. The Bertz CT molecular complexity index is 4050. The number of anilines is 6. The van der Waals surface area contributed by atoms with E-state index in [0.717, 1.165) is 83.7 Å². The molecule has 0 heterocycles. The van der Waals surface area contributed by atoms with Crippen LogP contribution in [0.25, 0.3) is 55.3 Å². The van der Waals surface area contributed by atoms with Crippen molar-refractivity contribution in [2.45, 2.75) is 5.41 Å². The summed E-state index contributed by atoms with van der Waals surface area (Å²) in [4.78, 5) is 4.37. The Labute approximate surface area is 442 Å². The highest BCUT2D eigenvalue weighted by molar-refractivity contribution is 6.11. The first kappa shape index (κ1) is 45.8. The maximum Gasteiger partial charge on any atom is 0.148 e. The highest BCUT2D eigenvalue weighted by atomic mass is 19.1. The van der Waals surface area contributed by atoms with Gasteiger partial charge in [-0.1, -0.05) is 206 Å². The number of halogens is 1. The topological polar surface area (TPSA) is 30.3 Å². The third kappa shape index (κ3) is 7.82. The molecule has 76 heavy (non-hydrogen) atoms. The summed E-state index contributed by atoms with van der Waals surface area (Å²) in [5, 5.41) is 12.1. The lowest BCUT2D eigenvalue weighted by Gasteiger charge is -2.35. The van der Waals surface area contributed by atoms with E-state index in [1.807, 2.05) is 114 Å². The summed E-state index contributed by atoms with van der Waals surface area (Å²) >= 11 is 0. The summed E-state index contributed by atoms with van der Waals surface area (Å²) < 4.78 is 17.4. The zero-order chi connectivity index (χ0) is 51.0. The number of hydrogen-bond acceptors (Lipinski definition) is 3. The molecular formula is C72H48FN3. The van der Waals surface area contributed by atoms with Gasteiger partial charge >= 0.3 is 0 Å². The van der Waals surface area contributed by atoms with Gasteiger partial charge in [-0.15, -0.1) is 0 Å². The van der Waals surface area contributed by atoms with Crippen molar-refractivity contribution in [1.82, 2.24) is 0 Å². The number of hydrogen-bond donors (Lipinski definition) is 0. The standard InChI is InChI=1S/C72H48FN3/c73-68-47-55(51-21-7-1-8-22-51)45-65(53-23-9-2-10-24-53)71(68)76(59-31-17-6-18-32-59)61-42-37-52(38-43-61)54-39-44-64-66(46-54)72(56-25-11-3-12-26-56,57-27-13-4-14-28-57)67-48-69(62-33-19-20-34-63(62)70(64)67)75(58-29-15-5-16-30-58)60-40-35-50(49-74)36-41-60/h1-48H. The van der Waals surface area contributed by atoms with Gasteiger partial charge in [0.25, 0.3) is 0 Å². The fourth-order valence-corrected chi connectivity index (χ4v) is 11.6. The fraction of sp³-hybridized carbons (Fsp3) is 0.0139. The highest BCUT2D eigenvalue weighted by Crippen LogP contribution is 2.60. The van der Waals surface area contributed by atoms with Crippen molar-refractivity contribution in [3.05, 3.63) is 325 Å². The van der Waals surface area contributed by atoms with Gasteiger partial charge in [0.05, 0.1) is 28.4 Å². The second-order valence-electron chi connectivity index (χ2n) is 19.2. The Balaban J connectivity index is 1.01. The molecule has 358 valence electrons. The largest absolute Gasteiger partial charge is 0.310 e. The highest BCUT2D eigenvalue weighted by Gasteiger charge is 2.47. The third-order valence-corrected chi connectivity index (χ3v) is 15.0. The Hall–Kier alpha value is -10.1. The van der Waals surface area contributed by atoms with E-state index in [9.17, 15) is 5.26 Å². The van der Waals surface area contributed by atoms with Crippen LogP contribution in [0.3, 0.4) is 0 Å². The van der Waals surface area contributed by atoms with Crippen molar-refractivity contribution in [3.8, 4) is 50.6 Å². The van der Waals surface area contributed by atoms with E-state index < -0.39 is 5.41 Å². The lowest BCUT2D eigenvalue weighted by molar-refractivity contribution is 0.630. The first-order chi connectivity index (χ1) is 37.6. The second-order valence-corrected chi connectivity index (χ2v) is 19.2. The molecule has 13 rings (SSSR count). The Morgan fingerprint density at radius 2 is 0.803 bits per heavy atom. The normalized spacial score (nSPS) is 12.1. The van der Waals surface area contributed by atoms with E-state index in [-0.39, 0.29) is 5.82 Å². The van der Waals surface area contributed by atoms with Crippen LogP contribution < -0.4 is 9.80 Å². The van der Waals surface area contributed by atoms with Gasteiger partial charge in [0.15, 0.2) is 0 Å². The minimum absolute atomic E-state index is 0.316. The minimum atomic E-state index is -0.740. The van der Waals surface area contributed by atoms with Crippen molar-refractivity contribution >= 4 is 44.9 Å². The van der Waals surface area contributed by atoms with Gasteiger partial charge in [0, 0.05) is 33.7 Å². The molecule has 0 atom stereocenters. The molecule has 1 aliphatic carbocycles. The molecule has 3 nitrogen and oxygen atoms in total. The van der Waals surface area contributed by atoms with E-state index >= 15 is 4.39 Å². The van der Waals surface area contributed by atoms with Crippen molar-refractivity contribution in [1.29, 1.82) is 5.26 Å². The van der Waals surface area contributed by atoms with Gasteiger partial charge in [-0.25, -0.2) is 4.39 Å². The van der Waals surface area contributed by atoms with Crippen molar-refractivity contribution in [2.24, 2.45) is 0 Å². The van der Waals surface area contributed by atoms with Crippen LogP contribution in [-0.2, 0) is 5.41 Å². The average molecular weight is 974 g/mol. The summed E-state index contributed by atoms with van der Waals surface area (Å²) in [5.74, 6) is -0.316. The van der Waals surface area contributed by atoms with E-state index in [0.29, 0.717) is 11.3 Å². The molecule has 0 saturated heterocycles. The maximum absolute atomic E-state index is 17.4. The number of fused-ring (bicyclic) bond motifs is 5. The average Bonchev–Trinajstić information content (AvgIpc) is 3.97. The molecule has 0 fully saturated rings. The molecule has 0 spiro atoms. The van der Waals surface area contributed by atoms with Crippen LogP contribution in [0, 0.1) is 17.1 Å².